The maximum Gasteiger partial charge on any atom is 0.416 e. The Kier molecular flexibility index (Phi) is 6.94. The van der Waals surface area contributed by atoms with Crippen molar-refractivity contribution >= 4 is 22.8 Å². The van der Waals surface area contributed by atoms with Crippen molar-refractivity contribution in [2.45, 2.75) is 83.9 Å². The summed E-state index contributed by atoms with van der Waals surface area (Å²) in [4.78, 5) is 14.6. The van der Waals surface area contributed by atoms with Gasteiger partial charge < -0.3 is 14.2 Å². The van der Waals surface area contributed by atoms with Crippen molar-refractivity contribution in [3.05, 3.63) is 47.5 Å². The van der Waals surface area contributed by atoms with Gasteiger partial charge in [-0.25, -0.2) is 9.38 Å². The quantitative estimate of drug-likeness (QED) is 0.330. The molecule has 4 aromatic rings. The molecule has 2 fully saturated rings. The zero-order chi connectivity index (χ0) is 28.2. The number of benzene rings is 1. The maximum absolute atomic E-state index is 13.1. The molecule has 214 valence electrons. The number of nitrogens with zero attached hydrogens (tertiary/aromatic N) is 8. The number of hydrogen-bond acceptors (Lipinski definition) is 7. The Bertz CT molecular complexity index is 1490. The van der Waals surface area contributed by atoms with E-state index in [0.29, 0.717) is 18.9 Å². The van der Waals surface area contributed by atoms with Crippen molar-refractivity contribution in [3.8, 4) is 0 Å². The van der Waals surface area contributed by atoms with Crippen LogP contribution < -0.4 is 4.90 Å². The molecule has 2 aliphatic heterocycles. The lowest BCUT2D eigenvalue weighted by Gasteiger charge is -2.48. The van der Waals surface area contributed by atoms with E-state index in [1.807, 2.05) is 11.3 Å². The van der Waals surface area contributed by atoms with Crippen LogP contribution in [0, 0.1) is 6.92 Å². The van der Waals surface area contributed by atoms with Gasteiger partial charge in [-0.2, -0.15) is 18.2 Å². The van der Waals surface area contributed by atoms with Crippen LogP contribution in [-0.2, 0) is 17.5 Å². The van der Waals surface area contributed by atoms with E-state index in [1.54, 1.807) is 18.5 Å². The van der Waals surface area contributed by atoms with E-state index in [9.17, 15) is 13.2 Å². The number of piperazine rings is 1. The maximum atomic E-state index is 13.1. The zero-order valence-corrected chi connectivity index (χ0v) is 23.3. The average Bonchev–Trinajstić information content (AvgIpc) is 3.68. The fourth-order valence-electron chi connectivity index (χ4n) is 6.30. The Morgan fingerprint density at radius 2 is 1.90 bits per heavy atom. The molecule has 3 aromatic heterocycles. The van der Waals surface area contributed by atoms with Crippen LogP contribution >= 0.6 is 0 Å². The van der Waals surface area contributed by atoms with Crippen molar-refractivity contribution in [1.29, 1.82) is 0 Å². The molecule has 0 saturated carbocycles. The molecule has 5 heterocycles. The summed E-state index contributed by atoms with van der Waals surface area (Å²) in [6.45, 7) is 11.3. The number of aryl methyl sites for hydroxylation is 1. The van der Waals surface area contributed by atoms with Gasteiger partial charge in [0, 0.05) is 37.8 Å². The van der Waals surface area contributed by atoms with Crippen LogP contribution in [0.15, 0.2) is 30.6 Å². The fourth-order valence-corrected chi connectivity index (χ4v) is 6.30. The standard InChI is InChI=1S/C28H35F3N8O/c1-5-22-14-36(17(2)13-37(22)18(3)20-8-10-21(11-9-20)28(29,30)31)25-24-26(39-16-32-35-27(39)34-25)38(19(4)33-24)15-23-7-6-12-40-23/h8-11,16-18,22-23H,5-7,12-15H2,1-4H3/t17-,18+,22+,23-/m0/s1. The summed E-state index contributed by atoms with van der Waals surface area (Å²) in [5.41, 5.74) is 1.98. The van der Waals surface area contributed by atoms with Crippen LogP contribution in [0.25, 0.3) is 16.9 Å². The highest BCUT2D eigenvalue weighted by molar-refractivity contribution is 5.87. The molecule has 0 spiro atoms. The largest absolute Gasteiger partial charge is 0.416 e. The summed E-state index contributed by atoms with van der Waals surface area (Å²) in [7, 11) is 0. The number of alkyl halides is 3. The minimum atomic E-state index is -4.34. The highest BCUT2D eigenvalue weighted by atomic mass is 19.4. The van der Waals surface area contributed by atoms with Gasteiger partial charge in [-0.1, -0.05) is 19.1 Å². The van der Waals surface area contributed by atoms with Gasteiger partial charge >= 0.3 is 6.18 Å². The Labute approximate surface area is 231 Å². The van der Waals surface area contributed by atoms with E-state index in [-0.39, 0.29) is 24.2 Å². The third kappa shape index (κ3) is 4.70. The molecule has 40 heavy (non-hydrogen) atoms. The first-order valence-corrected chi connectivity index (χ1v) is 14.0. The van der Waals surface area contributed by atoms with Crippen LogP contribution in [0.2, 0.25) is 0 Å². The molecule has 0 aliphatic carbocycles. The minimum absolute atomic E-state index is 0.0309. The number of halogens is 3. The highest BCUT2D eigenvalue weighted by Gasteiger charge is 2.37. The molecule has 12 heteroatoms. The summed E-state index contributed by atoms with van der Waals surface area (Å²) in [5, 5.41) is 8.43. The number of rotatable bonds is 6. The molecule has 1 aromatic carbocycles. The van der Waals surface area contributed by atoms with Crippen LogP contribution in [0.1, 0.15) is 63.0 Å². The third-order valence-electron chi connectivity index (χ3n) is 8.56. The molecular weight excluding hydrogens is 521 g/mol. The second-order valence-electron chi connectivity index (χ2n) is 11.1. The number of fused-ring (bicyclic) bond motifs is 3. The van der Waals surface area contributed by atoms with Gasteiger partial charge in [-0.05, 0) is 57.7 Å². The van der Waals surface area contributed by atoms with E-state index in [0.717, 1.165) is 60.8 Å². The summed E-state index contributed by atoms with van der Waals surface area (Å²) < 4.78 is 49.4. The second kappa shape index (κ2) is 10.3. The van der Waals surface area contributed by atoms with Crippen LogP contribution in [0.3, 0.4) is 0 Å². The van der Waals surface area contributed by atoms with Gasteiger partial charge in [-0.3, -0.25) is 4.90 Å². The molecule has 0 bridgehead atoms. The van der Waals surface area contributed by atoms with Gasteiger partial charge in [0.05, 0.1) is 18.2 Å². The van der Waals surface area contributed by atoms with Gasteiger partial charge in [0.2, 0.25) is 0 Å². The molecule has 4 atom stereocenters. The second-order valence-corrected chi connectivity index (χ2v) is 11.1. The van der Waals surface area contributed by atoms with Crippen LogP contribution in [0.5, 0.6) is 0 Å². The first-order valence-electron chi connectivity index (χ1n) is 14.0. The van der Waals surface area contributed by atoms with E-state index < -0.39 is 11.7 Å². The molecule has 2 saturated heterocycles. The van der Waals surface area contributed by atoms with Crippen LogP contribution in [0.4, 0.5) is 19.0 Å². The molecule has 0 N–H and O–H groups in total. The zero-order valence-electron chi connectivity index (χ0n) is 23.3. The summed E-state index contributed by atoms with van der Waals surface area (Å²) in [5.74, 6) is 2.21. The van der Waals surface area contributed by atoms with E-state index >= 15 is 0 Å². The summed E-state index contributed by atoms with van der Waals surface area (Å²) in [6, 6.07) is 5.79. The normalized spacial score (nSPS) is 23.5. The first kappa shape index (κ1) is 26.9. The number of anilines is 1. The lowest BCUT2D eigenvalue weighted by molar-refractivity contribution is -0.137. The van der Waals surface area contributed by atoms with Gasteiger partial charge in [0.25, 0.3) is 5.78 Å². The van der Waals surface area contributed by atoms with Crippen molar-refractivity contribution < 1.29 is 17.9 Å². The number of aromatic nitrogens is 6. The van der Waals surface area contributed by atoms with Crippen molar-refractivity contribution in [3.63, 3.8) is 0 Å². The lowest BCUT2D eigenvalue weighted by atomic mass is 9.98. The Balaban J connectivity index is 1.33. The number of hydrogen-bond donors (Lipinski definition) is 0. The molecule has 2 aliphatic rings. The molecule has 9 nitrogen and oxygen atoms in total. The van der Waals surface area contributed by atoms with E-state index in [4.69, 9.17) is 14.7 Å². The van der Waals surface area contributed by atoms with Gasteiger partial charge in [0.15, 0.2) is 11.5 Å². The third-order valence-corrected chi connectivity index (χ3v) is 8.56. The molecule has 0 amide bonds. The van der Waals surface area contributed by atoms with Crippen LogP contribution in [-0.4, -0.2) is 71.9 Å². The van der Waals surface area contributed by atoms with Crippen molar-refractivity contribution in [1.82, 2.24) is 34.0 Å². The predicted octanol–water partition coefficient (Wildman–Crippen LogP) is 5.03. The Hall–Kier alpha value is -3.25. The van der Waals surface area contributed by atoms with Gasteiger partial charge in [0.1, 0.15) is 17.7 Å². The highest BCUT2D eigenvalue weighted by Crippen LogP contribution is 2.35. The Morgan fingerprint density at radius 3 is 2.58 bits per heavy atom. The average molecular weight is 557 g/mol. The number of imidazole rings is 1. The topological polar surface area (TPSA) is 76.6 Å². The van der Waals surface area contributed by atoms with E-state index in [2.05, 4.69) is 45.3 Å². The number of ether oxygens (including phenoxy) is 1. The molecular formula is C28H35F3N8O. The van der Waals surface area contributed by atoms with Crippen molar-refractivity contribution in [2.24, 2.45) is 0 Å². The molecule has 6 rings (SSSR count). The lowest BCUT2D eigenvalue weighted by Crippen LogP contribution is -2.58. The molecule has 0 radical (unpaired) electrons. The summed E-state index contributed by atoms with van der Waals surface area (Å²) in [6.07, 6.45) is 0.471. The monoisotopic (exact) mass is 556 g/mol. The SMILES string of the molecule is CC[C@@H]1CN(c2nc3nncn3c3c2nc(C)n3C[C@@H]2CCCO2)[C@@H](C)CN1[C@H](C)c1ccc(C(F)(F)F)cc1. The minimum Gasteiger partial charge on any atom is -0.376 e. The summed E-state index contributed by atoms with van der Waals surface area (Å²) >= 11 is 0. The first-order chi connectivity index (χ1) is 19.2. The van der Waals surface area contributed by atoms with Gasteiger partial charge in [-0.15, -0.1) is 10.2 Å². The smallest absolute Gasteiger partial charge is 0.376 e. The fraction of sp³-hybridized carbons (Fsp3) is 0.571. The van der Waals surface area contributed by atoms with Crippen molar-refractivity contribution in [2.75, 3.05) is 24.6 Å². The van der Waals surface area contributed by atoms with E-state index in [1.165, 1.54) is 12.1 Å². The molecule has 0 unspecified atom stereocenters. The Morgan fingerprint density at radius 1 is 1.12 bits per heavy atom. The predicted molar refractivity (Wildman–Crippen MR) is 145 cm³/mol.